The highest BCUT2D eigenvalue weighted by Crippen LogP contribution is 2.29. The van der Waals surface area contributed by atoms with Gasteiger partial charge in [-0.1, -0.05) is 32.9 Å². The fraction of sp³-hybridized carbons (Fsp3) is 0.619. The fourth-order valence-corrected chi connectivity index (χ4v) is 3.77. The Hall–Kier alpha value is -2.05. The molecule has 0 aliphatic heterocycles. The van der Waals surface area contributed by atoms with Crippen LogP contribution in [0.3, 0.4) is 0 Å². The standard InChI is InChI=1S/C21H30F3N3O/c1-19(2,3)14-20(4,5)25-18-17(28)15-10-6-7-11-16(15)27(26-18)13-9-8-12-21(22,23)24/h6-7,10-11H,8-9,12-14H2,1-5H3,(H,25,26). The van der Waals surface area contributed by atoms with E-state index in [9.17, 15) is 18.0 Å². The lowest BCUT2D eigenvalue weighted by molar-refractivity contribution is -0.135. The zero-order valence-electron chi connectivity index (χ0n) is 17.3. The zero-order valence-corrected chi connectivity index (χ0v) is 17.3. The molecule has 0 saturated heterocycles. The van der Waals surface area contributed by atoms with Crippen LogP contribution in [0.1, 0.15) is 60.3 Å². The molecule has 156 valence electrons. The number of alkyl halides is 3. The Balaban J connectivity index is 2.32. The van der Waals surface area contributed by atoms with Crippen molar-refractivity contribution in [2.24, 2.45) is 5.41 Å². The molecule has 0 radical (unpaired) electrons. The van der Waals surface area contributed by atoms with Crippen molar-refractivity contribution < 1.29 is 13.2 Å². The van der Waals surface area contributed by atoms with Gasteiger partial charge in [0.2, 0.25) is 5.43 Å². The molecule has 0 saturated carbocycles. The van der Waals surface area contributed by atoms with Gasteiger partial charge in [0.05, 0.1) is 10.9 Å². The highest BCUT2D eigenvalue weighted by atomic mass is 19.4. The van der Waals surface area contributed by atoms with Crippen molar-refractivity contribution in [1.29, 1.82) is 0 Å². The molecule has 0 unspecified atom stereocenters. The van der Waals surface area contributed by atoms with E-state index in [1.165, 1.54) is 0 Å². The summed E-state index contributed by atoms with van der Waals surface area (Å²) in [6.07, 6.45) is -3.77. The van der Waals surface area contributed by atoms with E-state index < -0.39 is 12.6 Å². The molecule has 0 amide bonds. The Morgan fingerprint density at radius 1 is 1.04 bits per heavy atom. The number of hydrogen-bond acceptors (Lipinski definition) is 3. The van der Waals surface area contributed by atoms with E-state index >= 15 is 0 Å². The van der Waals surface area contributed by atoms with Crippen LogP contribution in [0.15, 0.2) is 29.1 Å². The first-order chi connectivity index (χ1) is 12.8. The van der Waals surface area contributed by atoms with Crippen LogP contribution in [0.4, 0.5) is 19.0 Å². The summed E-state index contributed by atoms with van der Waals surface area (Å²) in [6, 6.07) is 7.08. The molecular weight excluding hydrogens is 367 g/mol. The highest BCUT2D eigenvalue weighted by molar-refractivity contribution is 5.80. The monoisotopic (exact) mass is 397 g/mol. The van der Waals surface area contributed by atoms with Crippen LogP contribution in [0.5, 0.6) is 0 Å². The first-order valence-corrected chi connectivity index (χ1v) is 9.62. The van der Waals surface area contributed by atoms with E-state index in [-0.39, 0.29) is 28.6 Å². The van der Waals surface area contributed by atoms with Gasteiger partial charge in [-0.25, -0.2) is 0 Å². The minimum absolute atomic E-state index is 0.0317. The van der Waals surface area contributed by atoms with Gasteiger partial charge in [-0.05, 0) is 50.7 Å². The predicted octanol–water partition coefficient (Wildman–Crippen LogP) is 5.76. The Kier molecular flexibility index (Phi) is 6.46. The van der Waals surface area contributed by atoms with Crippen molar-refractivity contribution in [3.63, 3.8) is 0 Å². The van der Waals surface area contributed by atoms with Crippen LogP contribution in [0, 0.1) is 5.41 Å². The zero-order chi connectivity index (χ0) is 21.2. The Bertz CT molecular complexity index is 864. The maximum atomic E-state index is 12.9. The second-order valence-electron chi connectivity index (χ2n) is 9.24. The summed E-state index contributed by atoms with van der Waals surface area (Å²) in [6.45, 7) is 10.7. The molecule has 1 aromatic carbocycles. The lowest BCUT2D eigenvalue weighted by atomic mass is 9.82. The SMILES string of the molecule is CC(C)(C)CC(C)(C)Nc1nn(CCCCC(F)(F)F)c2ccccc2c1=O. The molecule has 1 heterocycles. The minimum atomic E-state index is -4.15. The topological polar surface area (TPSA) is 46.9 Å². The number of halogens is 3. The first-order valence-electron chi connectivity index (χ1n) is 9.62. The number of rotatable bonds is 7. The van der Waals surface area contributed by atoms with Gasteiger partial charge in [0, 0.05) is 18.5 Å². The molecule has 28 heavy (non-hydrogen) atoms. The third-order valence-corrected chi connectivity index (χ3v) is 4.37. The lowest BCUT2D eigenvalue weighted by Crippen LogP contribution is -2.38. The van der Waals surface area contributed by atoms with Crippen molar-refractivity contribution in [3.05, 3.63) is 34.5 Å². The van der Waals surface area contributed by atoms with E-state index in [1.807, 2.05) is 13.8 Å². The van der Waals surface area contributed by atoms with Gasteiger partial charge >= 0.3 is 6.18 Å². The van der Waals surface area contributed by atoms with Crippen molar-refractivity contribution in [3.8, 4) is 0 Å². The normalized spacial score (nSPS) is 13.1. The van der Waals surface area contributed by atoms with Crippen LogP contribution >= 0.6 is 0 Å². The van der Waals surface area contributed by atoms with Gasteiger partial charge in [-0.2, -0.15) is 18.3 Å². The molecule has 0 fully saturated rings. The van der Waals surface area contributed by atoms with E-state index in [0.29, 0.717) is 23.9 Å². The maximum absolute atomic E-state index is 12.9. The summed E-state index contributed by atoms with van der Waals surface area (Å²) < 4.78 is 38.8. The number of para-hydroxylation sites is 1. The summed E-state index contributed by atoms with van der Waals surface area (Å²) in [5.74, 6) is 0.240. The van der Waals surface area contributed by atoms with E-state index in [2.05, 4.69) is 31.2 Å². The van der Waals surface area contributed by atoms with E-state index in [0.717, 1.165) is 6.42 Å². The van der Waals surface area contributed by atoms with Gasteiger partial charge in [0.1, 0.15) is 0 Å². The molecule has 0 spiro atoms. The number of aryl methyl sites for hydroxylation is 1. The molecule has 1 aromatic heterocycles. The molecule has 2 rings (SSSR count). The molecule has 0 aliphatic carbocycles. The lowest BCUT2D eigenvalue weighted by Gasteiger charge is -2.33. The maximum Gasteiger partial charge on any atom is 0.389 e. The summed E-state index contributed by atoms with van der Waals surface area (Å²) in [7, 11) is 0. The Morgan fingerprint density at radius 2 is 1.68 bits per heavy atom. The smallest absolute Gasteiger partial charge is 0.360 e. The number of benzene rings is 1. The van der Waals surface area contributed by atoms with Crippen molar-refractivity contribution in [1.82, 2.24) is 9.78 Å². The number of nitrogens with one attached hydrogen (secondary N) is 1. The predicted molar refractivity (Wildman–Crippen MR) is 108 cm³/mol. The van der Waals surface area contributed by atoms with Gasteiger partial charge < -0.3 is 5.32 Å². The molecule has 1 N–H and O–H groups in total. The molecule has 4 nitrogen and oxygen atoms in total. The number of unbranched alkanes of at least 4 members (excludes halogenated alkanes) is 1. The summed E-state index contributed by atoms with van der Waals surface area (Å²) >= 11 is 0. The molecule has 7 heteroatoms. The summed E-state index contributed by atoms with van der Waals surface area (Å²) in [5, 5.41) is 8.24. The van der Waals surface area contributed by atoms with E-state index in [1.54, 1.807) is 28.9 Å². The van der Waals surface area contributed by atoms with Gasteiger partial charge in [-0.3, -0.25) is 9.48 Å². The largest absolute Gasteiger partial charge is 0.389 e. The Labute approximate surface area is 164 Å². The average Bonchev–Trinajstić information content (AvgIpc) is 2.52. The minimum Gasteiger partial charge on any atom is -0.360 e. The van der Waals surface area contributed by atoms with Gasteiger partial charge in [0.25, 0.3) is 0 Å². The number of nitrogens with zero attached hydrogens (tertiary/aromatic N) is 2. The highest BCUT2D eigenvalue weighted by Gasteiger charge is 2.28. The van der Waals surface area contributed by atoms with Crippen LogP contribution in [0.25, 0.3) is 10.9 Å². The quantitative estimate of drug-likeness (QED) is 0.605. The molecule has 0 aliphatic rings. The summed E-state index contributed by atoms with van der Waals surface area (Å²) in [4.78, 5) is 12.9. The molecule has 0 atom stereocenters. The van der Waals surface area contributed by atoms with Crippen LogP contribution in [0.2, 0.25) is 0 Å². The summed E-state index contributed by atoms with van der Waals surface area (Å²) in [5.41, 5.74) is 0.146. The second kappa shape index (κ2) is 8.13. The number of anilines is 1. The molecule has 2 aromatic rings. The second-order valence-corrected chi connectivity index (χ2v) is 9.24. The molecule has 0 bridgehead atoms. The number of aromatic nitrogens is 2. The fourth-order valence-electron chi connectivity index (χ4n) is 3.77. The van der Waals surface area contributed by atoms with Crippen LogP contribution in [-0.4, -0.2) is 21.5 Å². The van der Waals surface area contributed by atoms with Crippen molar-refractivity contribution in [2.45, 2.75) is 78.6 Å². The number of fused-ring (bicyclic) bond motifs is 1. The average molecular weight is 397 g/mol. The number of hydrogen-bond donors (Lipinski definition) is 1. The van der Waals surface area contributed by atoms with Crippen molar-refractivity contribution >= 4 is 16.7 Å². The third kappa shape index (κ3) is 6.53. The van der Waals surface area contributed by atoms with Crippen LogP contribution < -0.4 is 10.7 Å². The van der Waals surface area contributed by atoms with Crippen LogP contribution in [-0.2, 0) is 6.54 Å². The van der Waals surface area contributed by atoms with E-state index in [4.69, 9.17) is 0 Å². The Morgan fingerprint density at radius 3 is 2.29 bits per heavy atom. The van der Waals surface area contributed by atoms with Gasteiger partial charge in [-0.15, -0.1) is 0 Å². The first kappa shape index (κ1) is 22.2. The van der Waals surface area contributed by atoms with Crippen molar-refractivity contribution in [2.75, 3.05) is 5.32 Å². The third-order valence-electron chi connectivity index (χ3n) is 4.37. The van der Waals surface area contributed by atoms with Gasteiger partial charge in [0.15, 0.2) is 5.82 Å². The molecular formula is C21H30F3N3O.